The van der Waals surface area contributed by atoms with Crippen LogP contribution in [-0.4, -0.2) is 60.3 Å². The Bertz CT molecular complexity index is 1320. The standard InChI is InChI=1S/C26H26ClN5O4/c1-34-18-5-3-15(22(8-18)35-2)11-31-13-20-24(26(31)33)21(10-29-25(20)27)30-23-6-4-16(9-28-23)32-12-19-7-17(32)14-36-19/h3-6,8-10,17,19H,7,11-14H2,1-2H3,(H,28,30). The quantitative estimate of drug-likeness (QED) is 0.480. The number of rotatable bonds is 7. The summed E-state index contributed by atoms with van der Waals surface area (Å²) in [7, 11) is 3.20. The number of nitrogens with zero attached hydrogens (tertiary/aromatic N) is 4. The number of carbonyl (C=O) groups excluding carboxylic acids is 1. The molecule has 0 aliphatic carbocycles. The molecule has 2 unspecified atom stereocenters. The second-order valence-corrected chi connectivity index (χ2v) is 9.54. The molecule has 3 aliphatic rings. The Morgan fingerprint density at radius 1 is 1.17 bits per heavy atom. The summed E-state index contributed by atoms with van der Waals surface area (Å²) < 4.78 is 16.5. The van der Waals surface area contributed by atoms with E-state index in [4.69, 9.17) is 25.8 Å². The van der Waals surface area contributed by atoms with E-state index in [0.29, 0.717) is 64.5 Å². The number of methoxy groups -OCH3 is 2. The Hall–Kier alpha value is -3.56. The van der Waals surface area contributed by atoms with Gasteiger partial charge < -0.3 is 29.3 Å². The lowest BCUT2D eigenvalue weighted by Gasteiger charge is -2.28. The van der Waals surface area contributed by atoms with E-state index < -0.39 is 0 Å². The Kier molecular flexibility index (Phi) is 5.81. The Balaban J connectivity index is 1.22. The molecule has 1 aromatic carbocycles. The number of benzene rings is 1. The topological polar surface area (TPSA) is 89.0 Å². The molecule has 1 N–H and O–H groups in total. The van der Waals surface area contributed by atoms with Crippen molar-refractivity contribution >= 4 is 34.7 Å². The molecule has 6 rings (SSSR count). The molecule has 1 amide bonds. The summed E-state index contributed by atoms with van der Waals surface area (Å²) in [6.07, 6.45) is 4.84. The average molecular weight is 508 g/mol. The molecule has 0 radical (unpaired) electrons. The molecule has 0 spiro atoms. The van der Waals surface area contributed by atoms with Gasteiger partial charge in [-0.1, -0.05) is 11.6 Å². The summed E-state index contributed by atoms with van der Waals surface area (Å²) in [4.78, 5) is 26.5. The smallest absolute Gasteiger partial charge is 0.257 e. The van der Waals surface area contributed by atoms with E-state index in [2.05, 4.69) is 20.2 Å². The van der Waals surface area contributed by atoms with Crippen molar-refractivity contribution in [1.82, 2.24) is 14.9 Å². The predicted molar refractivity (Wildman–Crippen MR) is 135 cm³/mol. The van der Waals surface area contributed by atoms with E-state index in [0.717, 1.165) is 30.8 Å². The van der Waals surface area contributed by atoms with Crippen LogP contribution in [0.1, 0.15) is 27.9 Å². The molecule has 3 aliphatic heterocycles. The van der Waals surface area contributed by atoms with Crippen LogP contribution in [0, 0.1) is 0 Å². The molecule has 3 aromatic rings. The van der Waals surface area contributed by atoms with Gasteiger partial charge >= 0.3 is 0 Å². The SMILES string of the molecule is COc1ccc(CN2Cc3c(Cl)ncc(Nc4ccc(N5CC6CC5CO6)cn4)c3C2=O)c(OC)c1. The number of morpholine rings is 1. The number of aromatic nitrogens is 2. The Morgan fingerprint density at radius 3 is 2.75 bits per heavy atom. The summed E-state index contributed by atoms with van der Waals surface area (Å²) in [6, 6.07) is 9.94. The maximum atomic E-state index is 13.5. The van der Waals surface area contributed by atoms with Gasteiger partial charge in [0, 0.05) is 30.3 Å². The molecule has 36 heavy (non-hydrogen) atoms. The third kappa shape index (κ3) is 3.98. The lowest BCUT2D eigenvalue weighted by atomic mass is 10.1. The van der Waals surface area contributed by atoms with Gasteiger partial charge in [-0.15, -0.1) is 0 Å². The number of hydrogen-bond donors (Lipinski definition) is 1. The molecule has 0 saturated carbocycles. The van der Waals surface area contributed by atoms with Crippen molar-refractivity contribution in [2.24, 2.45) is 0 Å². The van der Waals surface area contributed by atoms with Crippen LogP contribution in [0.15, 0.2) is 42.7 Å². The first-order chi connectivity index (χ1) is 17.5. The summed E-state index contributed by atoms with van der Waals surface area (Å²) >= 11 is 6.41. The van der Waals surface area contributed by atoms with Gasteiger partial charge in [-0.2, -0.15) is 0 Å². The minimum atomic E-state index is -0.126. The summed E-state index contributed by atoms with van der Waals surface area (Å²) in [5.74, 6) is 1.85. The van der Waals surface area contributed by atoms with E-state index in [1.54, 1.807) is 31.4 Å². The van der Waals surface area contributed by atoms with Crippen molar-refractivity contribution in [3.05, 3.63) is 64.6 Å². The first-order valence-electron chi connectivity index (χ1n) is 11.8. The second kappa shape index (κ2) is 9.15. The lowest BCUT2D eigenvalue weighted by Crippen LogP contribution is -2.36. The number of pyridine rings is 2. The van der Waals surface area contributed by atoms with Gasteiger partial charge in [0.15, 0.2) is 0 Å². The van der Waals surface area contributed by atoms with E-state index in [9.17, 15) is 4.79 Å². The number of fused-ring (bicyclic) bond motifs is 3. The van der Waals surface area contributed by atoms with Gasteiger partial charge in [0.05, 0.1) is 68.8 Å². The van der Waals surface area contributed by atoms with Crippen molar-refractivity contribution < 1.29 is 19.0 Å². The minimum absolute atomic E-state index is 0.126. The molecule has 2 fully saturated rings. The monoisotopic (exact) mass is 507 g/mol. The first kappa shape index (κ1) is 22.9. The van der Waals surface area contributed by atoms with Crippen LogP contribution in [0.2, 0.25) is 5.15 Å². The van der Waals surface area contributed by atoms with Gasteiger partial charge in [-0.25, -0.2) is 9.97 Å². The van der Waals surface area contributed by atoms with Crippen molar-refractivity contribution in [3.63, 3.8) is 0 Å². The lowest BCUT2D eigenvalue weighted by molar-refractivity contribution is 0.0766. The zero-order valence-corrected chi connectivity index (χ0v) is 20.8. The molecule has 2 saturated heterocycles. The third-order valence-corrected chi connectivity index (χ3v) is 7.40. The van der Waals surface area contributed by atoms with Crippen LogP contribution < -0.4 is 19.7 Å². The van der Waals surface area contributed by atoms with E-state index in [1.165, 1.54) is 0 Å². The van der Waals surface area contributed by atoms with Crippen molar-refractivity contribution in [2.45, 2.75) is 31.7 Å². The zero-order valence-electron chi connectivity index (χ0n) is 20.0. The number of ether oxygens (including phenoxy) is 3. The molecule has 2 aromatic heterocycles. The molecule has 10 heteroatoms. The fourth-order valence-electron chi connectivity index (χ4n) is 5.23. The van der Waals surface area contributed by atoms with Gasteiger partial charge in [0.1, 0.15) is 22.5 Å². The highest BCUT2D eigenvalue weighted by Gasteiger charge is 2.39. The molecular formula is C26H26ClN5O4. The van der Waals surface area contributed by atoms with Gasteiger partial charge in [-0.3, -0.25) is 4.79 Å². The Labute approximate surface area is 213 Å². The maximum absolute atomic E-state index is 13.5. The first-order valence-corrected chi connectivity index (χ1v) is 12.2. The van der Waals surface area contributed by atoms with E-state index >= 15 is 0 Å². The molecule has 2 bridgehead atoms. The van der Waals surface area contributed by atoms with E-state index in [1.807, 2.05) is 30.5 Å². The predicted octanol–water partition coefficient (Wildman–Crippen LogP) is 4.02. The number of halogens is 1. The van der Waals surface area contributed by atoms with Crippen LogP contribution in [0.25, 0.3) is 0 Å². The summed E-state index contributed by atoms with van der Waals surface area (Å²) in [5, 5.41) is 3.59. The number of hydrogen-bond acceptors (Lipinski definition) is 8. The number of anilines is 3. The Morgan fingerprint density at radius 2 is 2.06 bits per heavy atom. The normalized spacial score (nSPS) is 20.1. The minimum Gasteiger partial charge on any atom is -0.497 e. The zero-order chi connectivity index (χ0) is 24.8. The van der Waals surface area contributed by atoms with Crippen molar-refractivity contribution in [1.29, 1.82) is 0 Å². The molecular weight excluding hydrogens is 482 g/mol. The summed E-state index contributed by atoms with van der Waals surface area (Å²) in [6.45, 7) is 2.40. The van der Waals surface area contributed by atoms with Crippen LogP contribution in [0.5, 0.6) is 11.5 Å². The van der Waals surface area contributed by atoms with Gasteiger partial charge in [0.2, 0.25) is 0 Å². The maximum Gasteiger partial charge on any atom is 0.257 e. The molecule has 2 atom stereocenters. The largest absolute Gasteiger partial charge is 0.497 e. The number of carbonyl (C=O) groups is 1. The third-order valence-electron chi connectivity index (χ3n) is 7.08. The average Bonchev–Trinajstić information content (AvgIpc) is 3.62. The highest BCUT2D eigenvalue weighted by molar-refractivity contribution is 6.31. The van der Waals surface area contributed by atoms with Crippen LogP contribution in [0.3, 0.4) is 0 Å². The number of nitrogens with one attached hydrogen (secondary N) is 1. The molecule has 5 heterocycles. The second-order valence-electron chi connectivity index (χ2n) is 9.18. The van der Waals surface area contributed by atoms with Crippen molar-refractivity contribution in [3.8, 4) is 11.5 Å². The molecule has 9 nitrogen and oxygen atoms in total. The fraction of sp³-hybridized carbons (Fsp3) is 0.346. The molecule has 186 valence electrons. The van der Waals surface area contributed by atoms with E-state index in [-0.39, 0.29) is 5.91 Å². The van der Waals surface area contributed by atoms with Crippen LogP contribution >= 0.6 is 11.6 Å². The summed E-state index contributed by atoms with van der Waals surface area (Å²) in [5.41, 5.74) is 3.74. The van der Waals surface area contributed by atoms with Crippen molar-refractivity contribution in [2.75, 3.05) is 37.6 Å². The highest BCUT2D eigenvalue weighted by Crippen LogP contribution is 2.37. The van der Waals surface area contributed by atoms with Gasteiger partial charge in [0.25, 0.3) is 5.91 Å². The van der Waals surface area contributed by atoms with Crippen LogP contribution in [-0.2, 0) is 17.8 Å². The van der Waals surface area contributed by atoms with Gasteiger partial charge in [-0.05, 0) is 30.7 Å². The van der Waals surface area contributed by atoms with Crippen LogP contribution in [0.4, 0.5) is 17.2 Å². The fourth-order valence-corrected chi connectivity index (χ4v) is 5.44. The number of amides is 1. The highest BCUT2D eigenvalue weighted by atomic mass is 35.5.